The molecule has 0 bridgehead atoms. The van der Waals surface area contributed by atoms with E-state index in [0.29, 0.717) is 0 Å². The Balaban J connectivity index is 0.000000385. The summed E-state index contributed by atoms with van der Waals surface area (Å²) in [7, 11) is -4.64. The number of nitrogens with zero attached hydrogens (tertiary/aromatic N) is 1. The van der Waals surface area contributed by atoms with Gasteiger partial charge >= 0.3 is 7.82 Å². The third-order valence-corrected chi connectivity index (χ3v) is 1.38. The van der Waals surface area contributed by atoms with E-state index in [4.69, 9.17) is 24.5 Å². The summed E-state index contributed by atoms with van der Waals surface area (Å²) < 4.78 is 8.88. The summed E-state index contributed by atoms with van der Waals surface area (Å²) in [4.78, 5) is 21.6. The summed E-state index contributed by atoms with van der Waals surface area (Å²) in [5.74, 6) is 0. The summed E-state index contributed by atoms with van der Waals surface area (Å²) in [5, 5.41) is 11.1. The number of oxime groups is 1. The highest BCUT2D eigenvalue weighted by molar-refractivity contribution is 7.45. The van der Waals surface area contributed by atoms with Gasteiger partial charge in [0.1, 0.15) is 0 Å². The lowest BCUT2D eigenvalue weighted by atomic mass is 10.1. The minimum absolute atomic E-state index is 0.873. The highest BCUT2D eigenvalue weighted by Crippen LogP contribution is 2.25. The zero-order valence-electron chi connectivity index (χ0n) is 8.26. The van der Waals surface area contributed by atoms with E-state index in [1.165, 1.54) is 6.21 Å². The molecule has 0 fully saturated rings. The first kappa shape index (κ1) is 14.5. The Morgan fingerprint density at radius 3 is 1.81 bits per heavy atom. The minimum atomic E-state index is -4.64. The van der Waals surface area contributed by atoms with E-state index >= 15 is 0 Å². The molecule has 0 aliphatic carbocycles. The number of rotatable bonds is 2. The lowest BCUT2D eigenvalue weighted by molar-refractivity contribution is 0.275. The first-order chi connectivity index (χ1) is 7.36. The predicted molar refractivity (Wildman–Crippen MR) is 60.2 cm³/mol. The van der Waals surface area contributed by atoms with Crippen molar-refractivity contribution >= 4 is 20.1 Å². The summed E-state index contributed by atoms with van der Waals surface area (Å²) in [6.07, 6.45) is 3.15. The summed E-state index contributed by atoms with van der Waals surface area (Å²) in [6, 6.07) is 7.53. The molecule has 7 heteroatoms. The van der Waals surface area contributed by atoms with Gasteiger partial charge in [0.15, 0.2) is 0 Å². The van der Waals surface area contributed by atoms with Crippen LogP contribution >= 0.6 is 7.82 Å². The second-order valence-electron chi connectivity index (χ2n) is 2.63. The lowest BCUT2D eigenvalue weighted by Gasteiger charge is -1.92. The standard InChI is InChI=1S/C9H9NO.H3O4P/c1-2-8-3-5-9(6-4-8)7-10-11;1-5(2,3)4/h2-7,11H,1H2;(H3,1,2,3,4)/b10-7+;. The van der Waals surface area contributed by atoms with Crippen LogP contribution in [0.3, 0.4) is 0 Å². The van der Waals surface area contributed by atoms with Gasteiger partial charge < -0.3 is 19.9 Å². The Morgan fingerprint density at radius 2 is 1.50 bits per heavy atom. The van der Waals surface area contributed by atoms with Crippen molar-refractivity contribution in [1.82, 2.24) is 0 Å². The van der Waals surface area contributed by atoms with Gasteiger partial charge in [-0.15, -0.1) is 0 Å². The molecule has 1 aromatic rings. The fourth-order valence-electron chi connectivity index (χ4n) is 0.785. The molecular weight excluding hydrogens is 233 g/mol. The molecule has 0 saturated carbocycles. The van der Waals surface area contributed by atoms with E-state index in [1.54, 1.807) is 6.08 Å². The topological polar surface area (TPSA) is 110 Å². The van der Waals surface area contributed by atoms with E-state index in [-0.39, 0.29) is 0 Å². The third kappa shape index (κ3) is 9.11. The average Bonchev–Trinajstić information content (AvgIpc) is 2.17. The van der Waals surface area contributed by atoms with Crippen LogP contribution in [0.5, 0.6) is 0 Å². The smallest absolute Gasteiger partial charge is 0.411 e. The molecule has 0 heterocycles. The largest absolute Gasteiger partial charge is 0.466 e. The Morgan fingerprint density at radius 1 is 1.12 bits per heavy atom. The van der Waals surface area contributed by atoms with E-state index in [9.17, 15) is 0 Å². The number of hydrogen-bond donors (Lipinski definition) is 4. The molecule has 0 amide bonds. The molecule has 0 aliphatic heterocycles. The van der Waals surface area contributed by atoms with Crippen LogP contribution in [0.1, 0.15) is 11.1 Å². The van der Waals surface area contributed by atoms with Gasteiger partial charge in [-0.1, -0.05) is 42.1 Å². The van der Waals surface area contributed by atoms with Gasteiger partial charge in [0, 0.05) is 0 Å². The van der Waals surface area contributed by atoms with Gasteiger partial charge in [0.2, 0.25) is 0 Å². The van der Waals surface area contributed by atoms with Crippen molar-refractivity contribution in [2.75, 3.05) is 0 Å². The highest BCUT2D eigenvalue weighted by Gasteiger charge is 2.00. The molecule has 0 radical (unpaired) electrons. The van der Waals surface area contributed by atoms with E-state index in [2.05, 4.69) is 11.7 Å². The van der Waals surface area contributed by atoms with Gasteiger partial charge in [-0.05, 0) is 11.1 Å². The summed E-state index contributed by atoms with van der Waals surface area (Å²) in [6.45, 7) is 3.62. The fraction of sp³-hybridized carbons (Fsp3) is 0. The number of phosphoric acid groups is 1. The maximum atomic E-state index is 8.88. The lowest BCUT2D eigenvalue weighted by Crippen LogP contribution is -1.79. The van der Waals surface area contributed by atoms with E-state index in [1.807, 2.05) is 24.3 Å². The molecule has 0 atom stereocenters. The van der Waals surface area contributed by atoms with Crippen LogP contribution in [0, 0.1) is 0 Å². The van der Waals surface area contributed by atoms with Crippen LogP contribution in [0.25, 0.3) is 6.08 Å². The van der Waals surface area contributed by atoms with Gasteiger partial charge in [0.25, 0.3) is 0 Å². The maximum Gasteiger partial charge on any atom is 0.466 e. The molecule has 0 unspecified atom stereocenters. The van der Waals surface area contributed by atoms with E-state index in [0.717, 1.165) is 11.1 Å². The molecule has 0 spiro atoms. The van der Waals surface area contributed by atoms with Crippen molar-refractivity contribution in [3.8, 4) is 0 Å². The summed E-state index contributed by atoms with van der Waals surface area (Å²) >= 11 is 0. The predicted octanol–water partition coefficient (Wildman–Crippen LogP) is 1.21. The molecule has 1 aromatic carbocycles. The molecular formula is C9H12NO5P. The zero-order valence-corrected chi connectivity index (χ0v) is 9.16. The van der Waals surface area contributed by atoms with Crippen LogP contribution in [-0.4, -0.2) is 26.1 Å². The Labute approximate surface area is 92.4 Å². The molecule has 88 valence electrons. The molecule has 4 N–H and O–H groups in total. The van der Waals surface area contributed by atoms with Gasteiger partial charge in [-0.3, -0.25) is 0 Å². The molecule has 0 aromatic heterocycles. The third-order valence-electron chi connectivity index (χ3n) is 1.38. The SMILES string of the molecule is C=Cc1ccc(/C=N/O)cc1.O=P(O)(O)O. The van der Waals surface area contributed by atoms with Crippen LogP contribution < -0.4 is 0 Å². The highest BCUT2D eigenvalue weighted by atomic mass is 31.2. The van der Waals surface area contributed by atoms with Gasteiger partial charge in [-0.25, -0.2) is 4.57 Å². The Kier molecular flexibility index (Phi) is 6.29. The van der Waals surface area contributed by atoms with Crippen LogP contribution in [0.15, 0.2) is 36.0 Å². The molecule has 6 nitrogen and oxygen atoms in total. The second-order valence-corrected chi connectivity index (χ2v) is 3.66. The van der Waals surface area contributed by atoms with Crippen molar-refractivity contribution in [1.29, 1.82) is 0 Å². The quantitative estimate of drug-likeness (QED) is 0.271. The minimum Gasteiger partial charge on any atom is -0.411 e. The van der Waals surface area contributed by atoms with Crippen LogP contribution in [0.4, 0.5) is 0 Å². The zero-order chi connectivity index (χ0) is 12.6. The first-order valence-electron chi connectivity index (χ1n) is 4.05. The van der Waals surface area contributed by atoms with Crippen LogP contribution in [-0.2, 0) is 4.57 Å². The van der Waals surface area contributed by atoms with Gasteiger partial charge in [0.05, 0.1) is 6.21 Å². The maximum absolute atomic E-state index is 8.88. The number of benzene rings is 1. The molecule has 1 rings (SSSR count). The normalized spacial score (nSPS) is 10.7. The van der Waals surface area contributed by atoms with E-state index < -0.39 is 7.82 Å². The van der Waals surface area contributed by atoms with Crippen molar-refractivity contribution in [3.05, 3.63) is 42.0 Å². The van der Waals surface area contributed by atoms with Gasteiger partial charge in [-0.2, -0.15) is 0 Å². The van der Waals surface area contributed by atoms with Crippen molar-refractivity contribution in [2.45, 2.75) is 0 Å². The Hall–Kier alpha value is -1.46. The number of hydrogen-bond acceptors (Lipinski definition) is 3. The summed E-state index contributed by atoms with van der Waals surface area (Å²) in [5.41, 5.74) is 1.93. The molecule has 16 heavy (non-hydrogen) atoms. The van der Waals surface area contributed by atoms with Crippen molar-refractivity contribution in [3.63, 3.8) is 0 Å². The first-order valence-corrected chi connectivity index (χ1v) is 5.61. The fourth-order valence-corrected chi connectivity index (χ4v) is 0.785. The Bertz CT molecular complexity index is 387. The second kappa shape index (κ2) is 6.92. The monoisotopic (exact) mass is 245 g/mol. The van der Waals surface area contributed by atoms with Crippen molar-refractivity contribution < 1.29 is 24.5 Å². The molecule has 0 saturated heterocycles. The van der Waals surface area contributed by atoms with Crippen molar-refractivity contribution in [2.24, 2.45) is 5.16 Å². The van der Waals surface area contributed by atoms with Crippen LogP contribution in [0.2, 0.25) is 0 Å². The average molecular weight is 245 g/mol. The molecule has 0 aliphatic rings.